The summed E-state index contributed by atoms with van der Waals surface area (Å²) in [6.07, 6.45) is 1.33. The van der Waals surface area contributed by atoms with Crippen LogP contribution in [0.1, 0.15) is 35.8 Å². The van der Waals surface area contributed by atoms with E-state index in [-0.39, 0.29) is 17.0 Å². The number of amides is 1. The Hall–Kier alpha value is -2.09. The number of hydrogen-bond donors (Lipinski definition) is 2. The quantitative estimate of drug-likeness (QED) is 0.837. The maximum absolute atomic E-state index is 12.2. The first-order chi connectivity index (χ1) is 10.1. The number of fused-ring (bicyclic) bond motifs is 1. The van der Waals surface area contributed by atoms with Gasteiger partial charge in [-0.2, -0.15) is 5.10 Å². The van der Waals surface area contributed by atoms with E-state index in [1.807, 2.05) is 13.8 Å². The highest BCUT2D eigenvalue weighted by Crippen LogP contribution is 2.20. The summed E-state index contributed by atoms with van der Waals surface area (Å²) in [5, 5.41) is 10.2. The first-order valence-electron chi connectivity index (χ1n) is 6.65. The summed E-state index contributed by atoms with van der Waals surface area (Å²) in [6, 6.07) is 1.76. The Kier molecular flexibility index (Phi) is 3.54. The SMILES string of the molecule is CC(C)c1cc(NC(=O)c2cnc3n(c2=O)CCS3)n[nH]1. The van der Waals surface area contributed by atoms with Crippen LogP contribution in [0.15, 0.2) is 22.2 Å². The van der Waals surface area contributed by atoms with Gasteiger partial charge in [0.05, 0.1) is 0 Å². The van der Waals surface area contributed by atoms with E-state index < -0.39 is 5.91 Å². The Bertz CT molecular complexity index is 749. The van der Waals surface area contributed by atoms with Gasteiger partial charge in [-0.15, -0.1) is 0 Å². The summed E-state index contributed by atoms with van der Waals surface area (Å²) in [6.45, 7) is 4.63. The second kappa shape index (κ2) is 5.36. The second-order valence-corrected chi connectivity index (χ2v) is 6.14. The van der Waals surface area contributed by atoms with Crippen LogP contribution in [-0.2, 0) is 6.54 Å². The summed E-state index contributed by atoms with van der Waals surface area (Å²) in [4.78, 5) is 28.6. The topological polar surface area (TPSA) is 92.7 Å². The molecule has 0 bridgehead atoms. The van der Waals surface area contributed by atoms with Gasteiger partial charge < -0.3 is 5.32 Å². The van der Waals surface area contributed by atoms with Crippen molar-refractivity contribution in [3.8, 4) is 0 Å². The minimum Gasteiger partial charge on any atom is -0.305 e. The van der Waals surface area contributed by atoms with Crippen LogP contribution in [0, 0.1) is 0 Å². The lowest BCUT2D eigenvalue weighted by Gasteiger charge is -2.04. The van der Waals surface area contributed by atoms with Gasteiger partial charge in [-0.1, -0.05) is 25.6 Å². The van der Waals surface area contributed by atoms with Gasteiger partial charge in [0, 0.05) is 30.3 Å². The Morgan fingerprint density at radius 2 is 2.33 bits per heavy atom. The number of hydrogen-bond acceptors (Lipinski definition) is 5. The van der Waals surface area contributed by atoms with Crippen molar-refractivity contribution in [3.63, 3.8) is 0 Å². The Morgan fingerprint density at radius 1 is 1.52 bits per heavy atom. The Morgan fingerprint density at radius 3 is 3.05 bits per heavy atom. The van der Waals surface area contributed by atoms with Crippen LogP contribution in [0.5, 0.6) is 0 Å². The highest BCUT2D eigenvalue weighted by Gasteiger charge is 2.20. The summed E-state index contributed by atoms with van der Waals surface area (Å²) in [5.41, 5.74) is 0.656. The van der Waals surface area contributed by atoms with E-state index >= 15 is 0 Å². The first kappa shape index (κ1) is 13.9. The molecule has 0 spiro atoms. The molecule has 0 unspecified atom stereocenters. The van der Waals surface area contributed by atoms with E-state index in [0.717, 1.165) is 11.4 Å². The van der Waals surface area contributed by atoms with E-state index in [9.17, 15) is 9.59 Å². The zero-order valence-electron chi connectivity index (χ0n) is 11.7. The number of H-pyrrole nitrogens is 1. The number of nitrogens with zero attached hydrogens (tertiary/aromatic N) is 3. The highest BCUT2D eigenvalue weighted by atomic mass is 32.2. The van der Waals surface area contributed by atoms with Crippen LogP contribution in [0.25, 0.3) is 0 Å². The molecule has 110 valence electrons. The zero-order chi connectivity index (χ0) is 15.0. The minimum atomic E-state index is -0.485. The van der Waals surface area contributed by atoms with E-state index in [1.165, 1.54) is 22.5 Å². The third-order valence-electron chi connectivity index (χ3n) is 3.26. The van der Waals surface area contributed by atoms with Gasteiger partial charge in [0.2, 0.25) is 0 Å². The van der Waals surface area contributed by atoms with Crippen LogP contribution < -0.4 is 10.9 Å². The second-order valence-electron chi connectivity index (χ2n) is 5.08. The minimum absolute atomic E-state index is 0.0374. The molecule has 3 heterocycles. The first-order valence-corrected chi connectivity index (χ1v) is 7.64. The molecule has 0 aromatic carbocycles. The van der Waals surface area contributed by atoms with Crippen LogP contribution in [-0.4, -0.2) is 31.4 Å². The Labute approximate surface area is 125 Å². The van der Waals surface area contributed by atoms with E-state index in [2.05, 4.69) is 20.5 Å². The normalized spacial score (nSPS) is 13.5. The number of rotatable bonds is 3. The van der Waals surface area contributed by atoms with Crippen LogP contribution in [0.2, 0.25) is 0 Å². The average molecular weight is 305 g/mol. The van der Waals surface area contributed by atoms with Crippen LogP contribution in [0.4, 0.5) is 5.82 Å². The third-order valence-corrected chi connectivity index (χ3v) is 4.23. The van der Waals surface area contributed by atoms with Crippen molar-refractivity contribution in [2.75, 3.05) is 11.1 Å². The molecule has 0 aliphatic carbocycles. The van der Waals surface area contributed by atoms with Crippen molar-refractivity contribution in [1.29, 1.82) is 0 Å². The van der Waals surface area contributed by atoms with Gasteiger partial charge in [-0.3, -0.25) is 19.3 Å². The van der Waals surface area contributed by atoms with Gasteiger partial charge in [0.25, 0.3) is 11.5 Å². The van der Waals surface area contributed by atoms with Crippen molar-refractivity contribution in [3.05, 3.63) is 33.9 Å². The highest BCUT2D eigenvalue weighted by molar-refractivity contribution is 7.99. The van der Waals surface area contributed by atoms with Crippen molar-refractivity contribution >= 4 is 23.5 Å². The summed E-state index contributed by atoms with van der Waals surface area (Å²) in [7, 11) is 0. The van der Waals surface area contributed by atoms with Crippen molar-refractivity contribution in [2.24, 2.45) is 0 Å². The smallest absolute Gasteiger partial charge is 0.267 e. The molecule has 0 radical (unpaired) electrons. The number of carbonyl (C=O) groups is 1. The molecular weight excluding hydrogens is 290 g/mol. The van der Waals surface area contributed by atoms with Gasteiger partial charge >= 0.3 is 0 Å². The molecular formula is C13H15N5O2S. The summed E-state index contributed by atoms with van der Waals surface area (Å²) in [5.74, 6) is 1.02. The van der Waals surface area contributed by atoms with E-state index in [0.29, 0.717) is 17.5 Å². The van der Waals surface area contributed by atoms with E-state index in [1.54, 1.807) is 6.07 Å². The lowest BCUT2D eigenvalue weighted by atomic mass is 10.1. The van der Waals surface area contributed by atoms with Gasteiger partial charge in [0.1, 0.15) is 5.56 Å². The number of aromatic nitrogens is 4. The lowest BCUT2D eigenvalue weighted by molar-refractivity contribution is 0.102. The molecule has 2 aromatic rings. The van der Waals surface area contributed by atoms with E-state index in [4.69, 9.17) is 0 Å². The molecule has 1 amide bonds. The number of anilines is 1. The molecule has 2 N–H and O–H groups in total. The molecule has 0 saturated heterocycles. The van der Waals surface area contributed by atoms with Gasteiger partial charge in [0.15, 0.2) is 11.0 Å². The summed E-state index contributed by atoms with van der Waals surface area (Å²) >= 11 is 1.52. The molecule has 1 aliphatic rings. The van der Waals surface area contributed by atoms with Gasteiger partial charge in [-0.25, -0.2) is 4.98 Å². The monoisotopic (exact) mass is 305 g/mol. The molecule has 0 saturated carbocycles. The van der Waals surface area contributed by atoms with Crippen molar-refractivity contribution in [1.82, 2.24) is 19.7 Å². The maximum Gasteiger partial charge on any atom is 0.267 e. The fourth-order valence-electron chi connectivity index (χ4n) is 2.05. The molecule has 8 heteroatoms. The molecule has 3 rings (SSSR count). The molecule has 0 atom stereocenters. The predicted octanol–water partition coefficient (Wildman–Crippen LogP) is 1.45. The largest absolute Gasteiger partial charge is 0.305 e. The number of nitrogens with one attached hydrogen (secondary N) is 2. The molecule has 0 fully saturated rings. The Balaban J connectivity index is 1.84. The van der Waals surface area contributed by atoms with Gasteiger partial charge in [-0.05, 0) is 5.92 Å². The number of carbonyl (C=O) groups excluding carboxylic acids is 1. The zero-order valence-corrected chi connectivity index (χ0v) is 12.5. The fraction of sp³-hybridized carbons (Fsp3) is 0.385. The maximum atomic E-state index is 12.2. The predicted molar refractivity (Wildman–Crippen MR) is 79.9 cm³/mol. The molecule has 7 nitrogen and oxygen atoms in total. The fourth-order valence-corrected chi connectivity index (χ4v) is 2.97. The van der Waals surface area contributed by atoms with Crippen LogP contribution >= 0.6 is 11.8 Å². The molecule has 1 aliphatic heterocycles. The standard InChI is InChI=1S/C13H15N5O2S/c1-7(2)9-5-10(17-16-9)15-11(19)8-6-14-13-18(12(8)20)3-4-21-13/h5-7H,3-4H2,1-2H3,(H2,15,16,17,19). The summed E-state index contributed by atoms with van der Waals surface area (Å²) < 4.78 is 1.53. The third kappa shape index (κ3) is 2.58. The molecule has 2 aromatic heterocycles. The number of aromatic amines is 1. The van der Waals surface area contributed by atoms with Crippen molar-refractivity contribution in [2.45, 2.75) is 31.5 Å². The lowest BCUT2D eigenvalue weighted by Crippen LogP contribution is -2.29. The average Bonchev–Trinajstić information content (AvgIpc) is 3.07. The number of thioether (sulfide) groups is 1. The molecule has 21 heavy (non-hydrogen) atoms. The van der Waals surface area contributed by atoms with Crippen molar-refractivity contribution < 1.29 is 4.79 Å². The van der Waals surface area contributed by atoms with Crippen LogP contribution in [0.3, 0.4) is 0 Å².